The van der Waals surface area contributed by atoms with Gasteiger partial charge in [-0.15, -0.1) is 0 Å². The quantitative estimate of drug-likeness (QED) is 0.358. The number of nitrogens with zero attached hydrogens (tertiary/aromatic N) is 1. The molecule has 0 spiro atoms. The number of anilines is 1. The number of aliphatic hydroxyl groups excluding tert-OH is 1. The van der Waals surface area contributed by atoms with Crippen LogP contribution in [0.5, 0.6) is 0 Å². The number of carbonyl (C=O) groups is 1. The number of hydrogen-bond acceptors (Lipinski definition) is 8. The lowest BCUT2D eigenvalue weighted by Crippen LogP contribution is -2.51. The van der Waals surface area contributed by atoms with Gasteiger partial charge in [-0.25, -0.2) is 13.2 Å². The fourth-order valence-corrected chi connectivity index (χ4v) is 5.63. The predicted molar refractivity (Wildman–Crippen MR) is 142 cm³/mol. The lowest BCUT2D eigenvalue weighted by molar-refractivity contribution is -0.0907. The molecule has 0 bridgehead atoms. The maximum absolute atomic E-state index is 13.9. The highest BCUT2D eigenvalue weighted by Gasteiger charge is 2.44. The molecule has 2 saturated heterocycles. The Kier molecular flexibility index (Phi) is 5.83. The largest absolute Gasteiger partial charge is 0.443 e. The normalized spacial score (nSPS) is 30.9. The van der Waals surface area contributed by atoms with Crippen molar-refractivity contribution < 1.29 is 46.2 Å². The van der Waals surface area contributed by atoms with Crippen molar-refractivity contribution in [2.75, 3.05) is 32.0 Å². The minimum Gasteiger partial charge on any atom is -0.443 e. The second-order valence-corrected chi connectivity index (χ2v) is 10.9. The summed E-state index contributed by atoms with van der Waals surface area (Å²) < 4.78 is 123. The van der Waals surface area contributed by atoms with Crippen molar-refractivity contribution in [2.24, 2.45) is 11.8 Å². The Morgan fingerprint density at radius 3 is 2.71 bits per heavy atom. The van der Waals surface area contributed by atoms with Crippen LogP contribution in [0.25, 0.3) is 0 Å². The fourth-order valence-electron chi connectivity index (χ4n) is 4.20. The molecule has 0 radical (unpaired) electrons. The van der Waals surface area contributed by atoms with Gasteiger partial charge in [-0.1, -0.05) is 44.0 Å². The van der Waals surface area contributed by atoms with E-state index in [0.717, 1.165) is 12.1 Å². The van der Waals surface area contributed by atoms with Gasteiger partial charge in [0.15, 0.2) is 6.27 Å². The van der Waals surface area contributed by atoms with Crippen LogP contribution in [-0.2, 0) is 30.7 Å². The standard InChI is InChI=1S/C27H37N3O7S/c1-18(2)15-30(38(33,34)21-10-8-20(28)9-11-21)16-24(31)23(14-19-6-4-3-5-7-19)29-27(32)37-25-17-36-26-22(25)12-13-35-26/h3-11,18,22-26,31H,12-17,28H2,1-2H3,(H,29,32)/t22-,23-,24+,25-,26+/m0/s1/i1D3,2D3,13D2,18D,26D. The van der Waals surface area contributed by atoms with Crippen LogP contribution in [0.4, 0.5) is 10.5 Å². The van der Waals surface area contributed by atoms with E-state index in [4.69, 9.17) is 33.7 Å². The van der Waals surface area contributed by atoms with Gasteiger partial charge in [0.1, 0.15) is 6.10 Å². The van der Waals surface area contributed by atoms with Crippen molar-refractivity contribution >= 4 is 21.8 Å². The number of nitrogens with one attached hydrogen (secondary N) is 1. The summed E-state index contributed by atoms with van der Waals surface area (Å²) in [6.45, 7) is -11.8. The van der Waals surface area contributed by atoms with Gasteiger partial charge < -0.3 is 30.4 Å². The van der Waals surface area contributed by atoms with Gasteiger partial charge in [0.25, 0.3) is 0 Å². The summed E-state index contributed by atoms with van der Waals surface area (Å²) in [6.07, 6.45) is -6.58. The van der Waals surface area contributed by atoms with Crippen LogP contribution in [0.2, 0.25) is 0 Å². The van der Waals surface area contributed by atoms with Crippen molar-refractivity contribution in [1.29, 1.82) is 0 Å². The lowest BCUT2D eigenvalue weighted by Gasteiger charge is -2.31. The van der Waals surface area contributed by atoms with Crippen LogP contribution < -0.4 is 11.1 Å². The Hall–Kier alpha value is -2.70. The number of ether oxygens (including phenoxy) is 3. The maximum atomic E-state index is 13.9. The topological polar surface area (TPSA) is 140 Å². The van der Waals surface area contributed by atoms with E-state index < -0.39 is 90.7 Å². The van der Waals surface area contributed by atoms with Crippen molar-refractivity contribution in [2.45, 2.75) is 56.0 Å². The summed E-state index contributed by atoms with van der Waals surface area (Å²) in [5, 5.41) is 14.0. The van der Waals surface area contributed by atoms with Crippen LogP contribution in [0, 0.1) is 11.8 Å². The minimum atomic E-state index is -4.78. The first-order valence-corrected chi connectivity index (χ1v) is 13.3. The third kappa shape index (κ3) is 7.03. The molecule has 4 N–H and O–H groups in total. The number of rotatable bonds is 11. The summed E-state index contributed by atoms with van der Waals surface area (Å²) in [6, 6.07) is 11.7. The number of fused-ring (bicyclic) bond motifs is 1. The molecule has 5 atom stereocenters. The van der Waals surface area contributed by atoms with E-state index in [9.17, 15) is 18.3 Å². The van der Waals surface area contributed by atoms with E-state index >= 15 is 0 Å². The van der Waals surface area contributed by atoms with Gasteiger partial charge in [-0.05, 0) is 48.6 Å². The second kappa shape index (κ2) is 12.4. The fraction of sp³-hybridized carbons (Fsp3) is 0.519. The molecule has 208 valence electrons. The third-order valence-corrected chi connectivity index (χ3v) is 8.01. The van der Waals surface area contributed by atoms with Gasteiger partial charge >= 0.3 is 6.09 Å². The Morgan fingerprint density at radius 2 is 2.00 bits per heavy atom. The highest BCUT2D eigenvalue weighted by atomic mass is 32.2. The molecule has 10 nitrogen and oxygen atoms in total. The van der Waals surface area contributed by atoms with Crippen LogP contribution >= 0.6 is 0 Å². The predicted octanol–water partition coefficient (Wildman–Crippen LogP) is 2.38. The third-order valence-electron chi connectivity index (χ3n) is 6.18. The highest BCUT2D eigenvalue weighted by Crippen LogP contribution is 2.33. The van der Waals surface area contributed by atoms with E-state index in [0.29, 0.717) is 9.87 Å². The first-order valence-electron chi connectivity index (χ1n) is 16.9. The van der Waals surface area contributed by atoms with E-state index in [1.54, 1.807) is 30.3 Å². The Labute approximate surface area is 238 Å². The van der Waals surface area contributed by atoms with Gasteiger partial charge in [0.05, 0.1) is 40.2 Å². The highest BCUT2D eigenvalue weighted by molar-refractivity contribution is 7.89. The lowest BCUT2D eigenvalue weighted by atomic mass is 10.0. The number of benzene rings is 2. The summed E-state index contributed by atoms with van der Waals surface area (Å²) in [5.74, 6) is -4.32. The molecular weight excluding hydrogens is 510 g/mol. The number of nitrogen functional groups attached to an aromatic ring is 1. The molecule has 0 aromatic heterocycles. The maximum Gasteiger partial charge on any atom is 0.407 e. The molecule has 2 heterocycles. The zero-order valence-electron chi connectivity index (χ0n) is 30.4. The molecule has 0 aliphatic carbocycles. The van der Waals surface area contributed by atoms with Crippen LogP contribution in [0.1, 0.15) is 39.4 Å². The molecule has 2 aliphatic rings. The molecule has 2 fully saturated rings. The molecule has 2 aliphatic heterocycles. The molecule has 11 heteroatoms. The SMILES string of the molecule is [2H]C1([2H])C[C@H]2[C@@H](OC(=O)N[C@@H](Cc3ccccc3)[C@H](O)CN(CC([2H])(C([2H])([2H])[2H])C([2H])([2H])[2H])S(=O)(=O)c3ccc(N)cc3)CO[C@@]2([2H])O1. The molecular formula is C27H37N3O7S. The summed E-state index contributed by atoms with van der Waals surface area (Å²) in [4.78, 5) is 12.7. The zero-order chi connectivity index (χ0) is 35.9. The molecule has 1 amide bonds. The smallest absolute Gasteiger partial charge is 0.407 e. The number of sulfonamides is 1. The first-order chi connectivity index (χ1) is 22.0. The van der Waals surface area contributed by atoms with E-state index in [1.807, 2.05) is 0 Å². The zero-order valence-corrected chi connectivity index (χ0v) is 21.2. The number of alkyl carbamates (subject to hydrolysis) is 1. The molecule has 4 rings (SSSR count). The van der Waals surface area contributed by atoms with Crippen molar-refractivity contribution in [3.63, 3.8) is 0 Å². The molecule has 0 saturated carbocycles. The van der Waals surface area contributed by atoms with Gasteiger partial charge in [-0.3, -0.25) is 0 Å². The number of amides is 1. The minimum absolute atomic E-state index is 0.115. The van der Waals surface area contributed by atoms with Crippen LogP contribution in [-0.4, -0.2) is 74.7 Å². The van der Waals surface area contributed by atoms with Crippen molar-refractivity contribution in [1.82, 2.24) is 9.62 Å². The number of nitrogens with two attached hydrogens (primary N) is 1. The Balaban J connectivity index is 1.65. The summed E-state index contributed by atoms with van der Waals surface area (Å²) in [7, 11) is -4.78. The van der Waals surface area contributed by atoms with Crippen molar-refractivity contribution in [3.05, 3.63) is 60.2 Å². The molecule has 0 unspecified atom stereocenters. The first kappa shape index (κ1) is 17.8. The number of aliphatic hydroxyl groups is 1. The van der Waals surface area contributed by atoms with Gasteiger partial charge in [0.2, 0.25) is 10.0 Å². The summed E-state index contributed by atoms with van der Waals surface area (Å²) in [5.41, 5.74) is 6.45. The van der Waals surface area contributed by atoms with E-state index in [-0.39, 0.29) is 25.1 Å². The Bertz CT molecular complexity index is 1530. The average Bonchev–Trinajstić information content (AvgIpc) is 3.38. The number of carbonyl (C=O) groups excluding carboxylic acids is 1. The molecule has 2 aromatic carbocycles. The van der Waals surface area contributed by atoms with Crippen molar-refractivity contribution in [3.8, 4) is 0 Å². The Morgan fingerprint density at radius 1 is 1.26 bits per heavy atom. The second-order valence-electron chi connectivity index (χ2n) is 8.98. The molecule has 2 aromatic rings. The number of hydrogen-bond donors (Lipinski definition) is 3. The van der Waals surface area contributed by atoms with Crippen LogP contribution in [0.15, 0.2) is 59.5 Å². The van der Waals surface area contributed by atoms with Crippen LogP contribution in [0.3, 0.4) is 0 Å². The van der Waals surface area contributed by atoms with E-state index in [1.165, 1.54) is 12.1 Å². The van der Waals surface area contributed by atoms with Gasteiger partial charge in [0, 0.05) is 28.4 Å². The summed E-state index contributed by atoms with van der Waals surface area (Å²) >= 11 is 0. The monoisotopic (exact) mass is 557 g/mol. The van der Waals surface area contributed by atoms with E-state index in [2.05, 4.69) is 5.32 Å². The van der Waals surface area contributed by atoms with Gasteiger partial charge in [-0.2, -0.15) is 4.31 Å². The molecule has 38 heavy (non-hydrogen) atoms. The average molecular weight is 558 g/mol.